The second-order valence-corrected chi connectivity index (χ2v) is 13.5. The summed E-state index contributed by atoms with van der Waals surface area (Å²) in [7, 11) is -4.43. The fourth-order valence-corrected chi connectivity index (χ4v) is 7.37. The Morgan fingerprint density at radius 3 is 2.30 bits per heavy atom. The minimum Gasteiger partial charge on any atom is -0.382 e. The number of nitro groups is 1. The van der Waals surface area contributed by atoms with Crippen LogP contribution in [0, 0.1) is 10.1 Å². The molecule has 1 heterocycles. The fraction of sp³-hybridized carbons (Fsp3) is 0.367. The van der Waals surface area contributed by atoms with Crippen molar-refractivity contribution in [2.75, 3.05) is 41.6 Å². The Balaban J connectivity index is 1.79. The molecular formula is C30H37Cl2N7O6S2. The van der Waals surface area contributed by atoms with Crippen LogP contribution in [0.5, 0.6) is 5.75 Å². The molecule has 1 amide bonds. The number of hydrazone groups is 2. The molecule has 0 saturated carbocycles. The van der Waals surface area contributed by atoms with Crippen molar-refractivity contribution in [3.05, 3.63) is 81.2 Å². The van der Waals surface area contributed by atoms with Gasteiger partial charge in [0, 0.05) is 56.2 Å². The zero-order valence-corrected chi connectivity index (χ0v) is 28.7. The molecule has 0 saturated heterocycles. The maximum absolute atomic E-state index is 13.7. The van der Waals surface area contributed by atoms with Gasteiger partial charge in [0.15, 0.2) is 0 Å². The summed E-state index contributed by atoms with van der Waals surface area (Å²) in [6, 6.07) is 13.8. The SMILES string of the molecule is C=NNCCCC[C@H](NN=C)C(=O)Nc1ccc(CC(c2ccsc2[N+](=O)[O-])S(=O)(=O)Oc2ccc(N(CCCl)CCCl)cc2)cc1. The largest absolute Gasteiger partial charge is 0.382 e. The smallest absolute Gasteiger partial charge is 0.328 e. The molecule has 1 unspecified atom stereocenters. The van der Waals surface area contributed by atoms with Gasteiger partial charge in [0.05, 0.1) is 10.5 Å². The predicted molar refractivity (Wildman–Crippen MR) is 190 cm³/mol. The molecule has 17 heteroatoms. The third-order valence-electron chi connectivity index (χ3n) is 7.01. The van der Waals surface area contributed by atoms with Crippen LogP contribution in [0.3, 0.4) is 0 Å². The van der Waals surface area contributed by atoms with Crippen molar-refractivity contribution >= 4 is 80.4 Å². The van der Waals surface area contributed by atoms with Crippen molar-refractivity contribution in [2.45, 2.75) is 37.0 Å². The molecule has 0 spiro atoms. The first-order chi connectivity index (χ1) is 22.6. The van der Waals surface area contributed by atoms with Crippen molar-refractivity contribution < 1.29 is 22.3 Å². The van der Waals surface area contributed by atoms with Gasteiger partial charge in [-0.2, -0.15) is 18.6 Å². The molecule has 1 aromatic heterocycles. The van der Waals surface area contributed by atoms with Crippen molar-refractivity contribution in [3.8, 4) is 5.75 Å². The lowest BCUT2D eigenvalue weighted by molar-refractivity contribution is -0.380. The van der Waals surface area contributed by atoms with Crippen LogP contribution in [0.25, 0.3) is 0 Å². The number of nitrogens with one attached hydrogen (secondary N) is 3. The second-order valence-electron chi connectivity index (χ2n) is 10.2. The van der Waals surface area contributed by atoms with E-state index in [0.29, 0.717) is 49.1 Å². The third kappa shape index (κ3) is 11.4. The van der Waals surface area contributed by atoms with E-state index < -0.39 is 26.3 Å². The third-order valence-corrected chi connectivity index (χ3v) is 9.77. The number of rotatable bonds is 22. The molecule has 0 aliphatic carbocycles. The van der Waals surface area contributed by atoms with E-state index in [4.69, 9.17) is 27.4 Å². The maximum Gasteiger partial charge on any atom is 0.328 e. The number of unbranched alkanes of at least 4 members (excludes halogenated alkanes) is 1. The lowest BCUT2D eigenvalue weighted by Crippen LogP contribution is -2.37. The molecule has 47 heavy (non-hydrogen) atoms. The highest BCUT2D eigenvalue weighted by Crippen LogP contribution is 2.38. The molecule has 0 aliphatic heterocycles. The Morgan fingerprint density at radius 2 is 1.70 bits per heavy atom. The molecule has 2 aromatic carbocycles. The van der Waals surface area contributed by atoms with Gasteiger partial charge in [0.2, 0.25) is 5.91 Å². The number of halogens is 2. The summed E-state index contributed by atoms with van der Waals surface area (Å²) in [6.45, 7) is 8.50. The Bertz CT molecular complexity index is 1570. The number of anilines is 2. The summed E-state index contributed by atoms with van der Waals surface area (Å²) in [4.78, 5) is 26.0. The Hall–Kier alpha value is -3.92. The molecule has 2 atom stereocenters. The first-order valence-electron chi connectivity index (χ1n) is 14.5. The van der Waals surface area contributed by atoms with Gasteiger partial charge in [-0.15, -0.1) is 23.2 Å². The maximum atomic E-state index is 13.7. The van der Waals surface area contributed by atoms with E-state index >= 15 is 0 Å². The topological polar surface area (TPSA) is 168 Å². The monoisotopic (exact) mass is 725 g/mol. The number of benzene rings is 2. The summed E-state index contributed by atoms with van der Waals surface area (Å²) in [5.41, 5.74) is 7.32. The van der Waals surface area contributed by atoms with Crippen molar-refractivity contribution in [2.24, 2.45) is 10.2 Å². The van der Waals surface area contributed by atoms with Crippen molar-refractivity contribution in [3.63, 3.8) is 0 Å². The zero-order valence-electron chi connectivity index (χ0n) is 25.5. The molecular weight excluding hydrogens is 689 g/mol. The molecule has 13 nitrogen and oxygen atoms in total. The molecule has 3 rings (SSSR count). The average Bonchev–Trinajstić information content (AvgIpc) is 3.54. The quantitative estimate of drug-likeness (QED) is 0.0302. The molecule has 254 valence electrons. The van der Waals surface area contributed by atoms with Crippen LogP contribution in [-0.2, 0) is 21.3 Å². The summed E-state index contributed by atoms with van der Waals surface area (Å²) >= 11 is 12.6. The zero-order chi connectivity index (χ0) is 34.2. The fourth-order valence-electron chi connectivity index (χ4n) is 4.71. The minimum atomic E-state index is -4.43. The Morgan fingerprint density at radius 1 is 1.02 bits per heavy atom. The number of nitrogens with zero attached hydrogens (tertiary/aromatic N) is 4. The lowest BCUT2D eigenvalue weighted by Gasteiger charge is -2.23. The summed E-state index contributed by atoms with van der Waals surface area (Å²) < 4.78 is 33.0. The van der Waals surface area contributed by atoms with E-state index in [2.05, 4.69) is 39.8 Å². The van der Waals surface area contributed by atoms with E-state index in [9.17, 15) is 23.3 Å². The number of hydrogen-bond acceptors (Lipinski definition) is 12. The molecule has 0 bridgehead atoms. The highest BCUT2D eigenvalue weighted by Gasteiger charge is 2.36. The van der Waals surface area contributed by atoms with E-state index in [0.717, 1.165) is 29.9 Å². The van der Waals surface area contributed by atoms with Crippen LogP contribution in [0.15, 0.2) is 70.2 Å². The molecule has 0 aliphatic rings. The number of carbonyl (C=O) groups is 1. The number of thiophene rings is 1. The molecule has 3 N–H and O–H groups in total. The van der Waals surface area contributed by atoms with Crippen LogP contribution in [-0.4, -0.2) is 70.1 Å². The number of alkyl halides is 2. The average molecular weight is 727 g/mol. The highest BCUT2D eigenvalue weighted by atomic mass is 35.5. The highest BCUT2D eigenvalue weighted by molar-refractivity contribution is 7.87. The summed E-state index contributed by atoms with van der Waals surface area (Å²) in [5.74, 6) is 0.504. The van der Waals surface area contributed by atoms with Gasteiger partial charge in [-0.3, -0.25) is 20.3 Å². The molecule has 3 aromatic rings. The van der Waals surface area contributed by atoms with Crippen LogP contribution in [0.1, 0.15) is 35.6 Å². The Kier molecular flexibility index (Phi) is 15.2. The standard InChI is InChI=1S/C30H37Cl2N7O6S2/c1-33-35-17-4-3-5-27(37-34-2)29(40)36-23-8-6-22(7-9-23)21-28(26-14-20-46-30(26)39(41)42)47(43,44)45-25-12-10-24(11-13-25)38(18-15-31)19-16-32/h6-14,20,27-28,35,37H,1-5,15-19,21H2,(H,36,40)/t27-,28?/m0/s1. The van der Waals surface area contributed by atoms with Crippen LogP contribution >= 0.6 is 34.5 Å². The number of hydrogen-bond donors (Lipinski definition) is 3. The number of amides is 1. The summed E-state index contributed by atoms with van der Waals surface area (Å²) in [5, 5.41) is 21.6. The van der Waals surface area contributed by atoms with Gasteiger partial charge < -0.3 is 19.8 Å². The van der Waals surface area contributed by atoms with E-state index in [1.54, 1.807) is 36.4 Å². The second kappa shape index (κ2) is 19.0. The normalized spacial score (nSPS) is 12.4. The van der Waals surface area contributed by atoms with Crippen LogP contribution in [0.4, 0.5) is 16.4 Å². The predicted octanol–water partition coefficient (Wildman–Crippen LogP) is 5.52. The Labute approximate surface area is 288 Å². The van der Waals surface area contributed by atoms with Gasteiger partial charge >= 0.3 is 15.1 Å². The lowest BCUT2D eigenvalue weighted by atomic mass is 10.0. The number of carbonyl (C=O) groups excluding carboxylic acids is 1. The van der Waals surface area contributed by atoms with Crippen molar-refractivity contribution in [1.82, 2.24) is 10.9 Å². The van der Waals surface area contributed by atoms with Crippen molar-refractivity contribution in [1.29, 1.82) is 0 Å². The van der Waals surface area contributed by atoms with Crippen LogP contribution < -0.4 is 25.3 Å². The first-order valence-corrected chi connectivity index (χ1v) is 18.0. The van der Waals surface area contributed by atoms with E-state index in [1.807, 2.05) is 4.90 Å². The van der Waals surface area contributed by atoms with Gasteiger partial charge in [0.25, 0.3) is 0 Å². The van der Waals surface area contributed by atoms with E-state index in [1.165, 1.54) is 23.6 Å². The van der Waals surface area contributed by atoms with Gasteiger partial charge in [-0.25, -0.2) is 0 Å². The first kappa shape index (κ1) is 37.5. The minimum absolute atomic E-state index is 0.0225. The molecule has 0 fully saturated rings. The van der Waals surface area contributed by atoms with Crippen LogP contribution in [0.2, 0.25) is 0 Å². The molecule has 0 radical (unpaired) electrons. The van der Waals surface area contributed by atoms with Gasteiger partial charge in [0.1, 0.15) is 17.0 Å². The van der Waals surface area contributed by atoms with Gasteiger partial charge in [-0.1, -0.05) is 23.5 Å². The van der Waals surface area contributed by atoms with Gasteiger partial charge in [-0.05, 0) is 79.1 Å². The summed E-state index contributed by atoms with van der Waals surface area (Å²) in [6.07, 6.45) is 1.88. The van der Waals surface area contributed by atoms with E-state index in [-0.39, 0.29) is 28.6 Å².